The Balaban J connectivity index is 1.31. The van der Waals surface area contributed by atoms with Gasteiger partial charge in [-0.1, -0.05) is 18.2 Å². The fourth-order valence-corrected chi connectivity index (χ4v) is 4.75. The Morgan fingerprint density at radius 3 is 3.00 bits per heavy atom. The van der Waals surface area contributed by atoms with Crippen LogP contribution < -0.4 is 0 Å². The first-order valence-corrected chi connectivity index (χ1v) is 10.7. The highest BCUT2D eigenvalue weighted by Crippen LogP contribution is 2.32. The first-order valence-electron chi connectivity index (χ1n) is 10.7. The summed E-state index contributed by atoms with van der Waals surface area (Å²) in [5, 5.41) is 10.2. The van der Waals surface area contributed by atoms with Crippen molar-refractivity contribution in [3.05, 3.63) is 47.7 Å². The predicted molar refractivity (Wildman–Crippen MR) is 112 cm³/mol. The minimum absolute atomic E-state index is 0.0649. The van der Waals surface area contributed by atoms with Crippen molar-refractivity contribution in [1.29, 1.82) is 0 Å². The Hall–Kier alpha value is -2.67. The van der Waals surface area contributed by atoms with E-state index < -0.39 is 0 Å². The second kappa shape index (κ2) is 7.63. The molecular weight excluding hydrogens is 364 g/mol. The van der Waals surface area contributed by atoms with Gasteiger partial charge >= 0.3 is 0 Å². The second-order valence-corrected chi connectivity index (χ2v) is 8.28. The van der Waals surface area contributed by atoms with Gasteiger partial charge in [-0.2, -0.15) is 0 Å². The van der Waals surface area contributed by atoms with E-state index in [0.29, 0.717) is 6.42 Å². The summed E-state index contributed by atoms with van der Waals surface area (Å²) in [7, 11) is 2.15. The van der Waals surface area contributed by atoms with Crippen LogP contribution in [0.3, 0.4) is 0 Å². The summed E-state index contributed by atoms with van der Waals surface area (Å²) < 4.78 is 2.26. The van der Waals surface area contributed by atoms with Crippen LogP contribution in [-0.2, 0) is 24.2 Å². The number of nitrogens with one attached hydrogen (secondary N) is 1. The molecule has 29 heavy (non-hydrogen) atoms. The van der Waals surface area contributed by atoms with Gasteiger partial charge in [0.05, 0.1) is 6.04 Å². The maximum absolute atomic E-state index is 13.1. The van der Waals surface area contributed by atoms with Crippen LogP contribution in [0.2, 0.25) is 0 Å². The van der Waals surface area contributed by atoms with Gasteiger partial charge in [-0.05, 0) is 37.9 Å². The van der Waals surface area contributed by atoms with Crippen molar-refractivity contribution in [3.63, 3.8) is 0 Å². The van der Waals surface area contributed by atoms with E-state index in [9.17, 15) is 4.79 Å². The molecule has 0 radical (unpaired) electrons. The van der Waals surface area contributed by atoms with E-state index in [1.165, 1.54) is 10.9 Å². The molecule has 7 heteroatoms. The molecule has 0 aliphatic carbocycles. The molecule has 2 aromatic heterocycles. The third kappa shape index (κ3) is 3.44. The monoisotopic (exact) mass is 392 g/mol. The first-order chi connectivity index (χ1) is 14.2. The van der Waals surface area contributed by atoms with Gasteiger partial charge in [0.25, 0.3) is 0 Å². The number of hydrogen-bond acceptors (Lipinski definition) is 4. The van der Waals surface area contributed by atoms with E-state index in [-0.39, 0.29) is 11.9 Å². The topological polar surface area (TPSA) is 70.1 Å². The van der Waals surface area contributed by atoms with E-state index in [1.54, 1.807) is 0 Å². The van der Waals surface area contributed by atoms with Crippen LogP contribution in [0.4, 0.5) is 0 Å². The number of benzene rings is 1. The summed E-state index contributed by atoms with van der Waals surface area (Å²) in [5.41, 5.74) is 2.34. The number of aryl methyl sites for hydroxylation is 1. The average molecular weight is 393 g/mol. The van der Waals surface area contributed by atoms with Crippen molar-refractivity contribution in [3.8, 4) is 0 Å². The highest BCUT2D eigenvalue weighted by atomic mass is 16.2. The van der Waals surface area contributed by atoms with E-state index in [4.69, 9.17) is 0 Å². The molecular formula is C22H28N6O. The van der Waals surface area contributed by atoms with Crippen LogP contribution in [0.1, 0.15) is 42.5 Å². The molecule has 1 fully saturated rings. The van der Waals surface area contributed by atoms with Gasteiger partial charge in [0.2, 0.25) is 5.91 Å². The molecule has 1 saturated heterocycles. The standard InChI is InChI=1S/C22H28N6O/c1-26-12-10-20-24-25-22(28(20)14-13-26)19-7-4-11-27(19)21(29)9-8-16-15-23-18-6-3-2-5-17(16)18/h2-3,5-6,15,19,23H,4,7-14H2,1H3. The van der Waals surface area contributed by atoms with E-state index in [1.807, 2.05) is 23.2 Å². The van der Waals surface area contributed by atoms with Gasteiger partial charge in [0.1, 0.15) is 5.82 Å². The number of H-pyrrole nitrogens is 1. The highest BCUT2D eigenvalue weighted by molar-refractivity contribution is 5.84. The number of carbonyl (C=O) groups excluding carboxylic acids is 1. The zero-order valence-corrected chi connectivity index (χ0v) is 17.0. The van der Waals surface area contributed by atoms with Gasteiger partial charge in [-0.15, -0.1) is 10.2 Å². The maximum Gasteiger partial charge on any atom is 0.223 e. The van der Waals surface area contributed by atoms with Crippen LogP contribution in [-0.4, -0.2) is 62.1 Å². The summed E-state index contributed by atoms with van der Waals surface area (Å²) in [6.07, 6.45) is 6.26. The molecule has 1 aromatic carbocycles. The summed E-state index contributed by atoms with van der Waals surface area (Å²) in [6, 6.07) is 8.34. The number of aromatic nitrogens is 4. The fourth-order valence-electron chi connectivity index (χ4n) is 4.75. The quantitative estimate of drug-likeness (QED) is 0.741. The second-order valence-electron chi connectivity index (χ2n) is 8.28. The summed E-state index contributed by atoms with van der Waals surface area (Å²) in [6.45, 7) is 3.73. The predicted octanol–water partition coefficient (Wildman–Crippen LogP) is 2.54. The Bertz CT molecular complexity index is 1020. The largest absolute Gasteiger partial charge is 0.361 e. The van der Waals surface area contributed by atoms with Crippen molar-refractivity contribution in [2.45, 2.75) is 44.7 Å². The molecule has 3 aromatic rings. The normalized spacial score (nSPS) is 20.2. The molecule has 4 heterocycles. The minimum atomic E-state index is 0.0649. The molecule has 0 saturated carbocycles. The number of aromatic amines is 1. The SMILES string of the molecule is CN1CCc2nnc(C3CCCN3C(=O)CCc3c[nH]c4ccccc34)n2CC1. The smallest absolute Gasteiger partial charge is 0.223 e. The van der Waals surface area contributed by atoms with Gasteiger partial charge in [-0.3, -0.25) is 4.79 Å². The number of likely N-dealkylation sites (tertiary alicyclic amines) is 1. The molecule has 152 valence electrons. The van der Waals surface area contributed by atoms with Crippen molar-refractivity contribution in [2.75, 3.05) is 26.7 Å². The molecule has 1 atom stereocenters. The van der Waals surface area contributed by atoms with Gasteiger partial charge < -0.3 is 19.4 Å². The Morgan fingerprint density at radius 2 is 2.07 bits per heavy atom. The zero-order valence-electron chi connectivity index (χ0n) is 17.0. The minimum Gasteiger partial charge on any atom is -0.361 e. The summed E-state index contributed by atoms with van der Waals surface area (Å²) in [5.74, 6) is 2.26. The van der Waals surface area contributed by atoms with E-state index >= 15 is 0 Å². The summed E-state index contributed by atoms with van der Waals surface area (Å²) >= 11 is 0. The lowest BCUT2D eigenvalue weighted by Crippen LogP contribution is -2.32. The van der Waals surface area contributed by atoms with Crippen molar-refractivity contribution < 1.29 is 4.79 Å². The number of carbonyl (C=O) groups is 1. The third-order valence-electron chi connectivity index (χ3n) is 6.43. The molecule has 1 unspecified atom stereocenters. The molecule has 1 N–H and O–H groups in total. The third-order valence-corrected chi connectivity index (χ3v) is 6.43. The van der Waals surface area contributed by atoms with Crippen molar-refractivity contribution in [2.24, 2.45) is 0 Å². The number of amides is 1. The molecule has 0 spiro atoms. The molecule has 1 amide bonds. The first kappa shape index (κ1) is 18.4. The Kier molecular flexibility index (Phi) is 4.83. The average Bonchev–Trinajstić information content (AvgIpc) is 3.44. The Morgan fingerprint density at radius 1 is 1.17 bits per heavy atom. The van der Waals surface area contributed by atoms with Gasteiger partial charge in [-0.25, -0.2) is 0 Å². The van der Waals surface area contributed by atoms with Crippen LogP contribution in [0.25, 0.3) is 10.9 Å². The fraction of sp³-hybridized carbons (Fsp3) is 0.500. The number of nitrogens with zero attached hydrogens (tertiary/aromatic N) is 5. The molecule has 0 bridgehead atoms. The Labute approximate surface area is 170 Å². The number of rotatable bonds is 4. The number of likely N-dealkylation sites (N-methyl/N-ethyl adjacent to an activating group) is 1. The van der Waals surface area contributed by atoms with Crippen molar-refractivity contribution in [1.82, 2.24) is 29.5 Å². The van der Waals surface area contributed by atoms with Crippen LogP contribution in [0.5, 0.6) is 0 Å². The lowest BCUT2D eigenvalue weighted by molar-refractivity contribution is -0.132. The van der Waals surface area contributed by atoms with Gasteiger partial charge in [0.15, 0.2) is 5.82 Å². The zero-order chi connectivity index (χ0) is 19.8. The van der Waals surface area contributed by atoms with Crippen molar-refractivity contribution >= 4 is 16.8 Å². The van der Waals surface area contributed by atoms with E-state index in [0.717, 1.165) is 69.0 Å². The molecule has 2 aliphatic rings. The number of hydrogen-bond donors (Lipinski definition) is 1. The maximum atomic E-state index is 13.1. The number of fused-ring (bicyclic) bond motifs is 2. The lowest BCUT2D eigenvalue weighted by atomic mass is 10.1. The van der Waals surface area contributed by atoms with Crippen LogP contribution in [0, 0.1) is 0 Å². The molecule has 2 aliphatic heterocycles. The molecule has 5 rings (SSSR count). The lowest BCUT2D eigenvalue weighted by Gasteiger charge is -2.25. The van der Waals surface area contributed by atoms with Gasteiger partial charge in [0, 0.05) is 56.1 Å². The van der Waals surface area contributed by atoms with Crippen LogP contribution >= 0.6 is 0 Å². The highest BCUT2D eigenvalue weighted by Gasteiger charge is 2.34. The van der Waals surface area contributed by atoms with E-state index in [2.05, 4.69) is 43.8 Å². The molecule has 7 nitrogen and oxygen atoms in total. The summed E-state index contributed by atoms with van der Waals surface area (Å²) in [4.78, 5) is 20.8. The number of para-hydroxylation sites is 1. The van der Waals surface area contributed by atoms with Crippen LogP contribution in [0.15, 0.2) is 30.5 Å².